The van der Waals surface area contributed by atoms with E-state index in [9.17, 15) is 31.3 Å². The molecule has 0 aliphatic heterocycles. The first-order chi connectivity index (χ1) is 15.1. The van der Waals surface area contributed by atoms with Crippen molar-refractivity contribution < 1.29 is 31.3 Å². The summed E-state index contributed by atoms with van der Waals surface area (Å²) in [5.41, 5.74) is 6.12. The van der Waals surface area contributed by atoms with Gasteiger partial charge in [0.2, 0.25) is 0 Å². The van der Waals surface area contributed by atoms with Crippen molar-refractivity contribution in [2.24, 2.45) is 0 Å². The van der Waals surface area contributed by atoms with E-state index in [4.69, 9.17) is 5.73 Å². The van der Waals surface area contributed by atoms with Gasteiger partial charge in [-0.15, -0.1) is 0 Å². The molecule has 1 aliphatic rings. The molecule has 4 N–H and O–H groups in total. The molecule has 0 amide bonds. The lowest BCUT2D eigenvalue weighted by molar-refractivity contribution is 0.0980. The SMILES string of the molecule is Nc1c(CS(=O)(=O)O)cc(Nc2cccc(S(=O)[O-])c2)c2c1C(=O)c1ccccc1C2=O. The number of hydrogen-bond donors (Lipinski definition) is 3. The molecule has 1 aliphatic carbocycles. The van der Waals surface area contributed by atoms with E-state index in [0.29, 0.717) is 0 Å². The maximum Gasteiger partial charge on any atom is 0.269 e. The topological polar surface area (TPSA) is 167 Å². The summed E-state index contributed by atoms with van der Waals surface area (Å²) in [6.45, 7) is 0. The number of nitrogens with one attached hydrogen (secondary N) is 1. The van der Waals surface area contributed by atoms with Crippen LogP contribution in [-0.4, -0.2) is 33.3 Å². The predicted molar refractivity (Wildman–Crippen MR) is 116 cm³/mol. The van der Waals surface area contributed by atoms with Crippen LogP contribution in [0, 0.1) is 0 Å². The highest BCUT2D eigenvalue weighted by Gasteiger charge is 2.35. The van der Waals surface area contributed by atoms with E-state index in [1.807, 2.05) is 0 Å². The van der Waals surface area contributed by atoms with E-state index in [-0.39, 0.29) is 49.8 Å². The second-order valence-corrected chi connectivity index (χ2v) is 9.46. The van der Waals surface area contributed by atoms with Crippen molar-refractivity contribution in [1.82, 2.24) is 0 Å². The molecule has 11 heteroatoms. The van der Waals surface area contributed by atoms with E-state index < -0.39 is 38.5 Å². The molecule has 0 saturated heterocycles. The van der Waals surface area contributed by atoms with E-state index in [0.717, 1.165) is 0 Å². The van der Waals surface area contributed by atoms with Gasteiger partial charge in [0.15, 0.2) is 11.6 Å². The van der Waals surface area contributed by atoms with Crippen LogP contribution in [0.3, 0.4) is 0 Å². The summed E-state index contributed by atoms with van der Waals surface area (Å²) in [7, 11) is -4.51. The summed E-state index contributed by atoms with van der Waals surface area (Å²) < 4.78 is 54.9. The number of benzene rings is 3. The van der Waals surface area contributed by atoms with Gasteiger partial charge in [0.05, 0.1) is 16.8 Å². The highest BCUT2D eigenvalue weighted by atomic mass is 32.2. The van der Waals surface area contributed by atoms with Gasteiger partial charge >= 0.3 is 0 Å². The molecule has 9 nitrogen and oxygen atoms in total. The van der Waals surface area contributed by atoms with Gasteiger partial charge in [-0.05, 0) is 40.9 Å². The van der Waals surface area contributed by atoms with E-state index >= 15 is 0 Å². The monoisotopic (exact) mass is 471 g/mol. The third-order valence-electron chi connectivity index (χ3n) is 4.97. The van der Waals surface area contributed by atoms with Crippen molar-refractivity contribution in [1.29, 1.82) is 0 Å². The van der Waals surface area contributed by atoms with Crippen LogP contribution in [0.1, 0.15) is 37.4 Å². The highest BCUT2D eigenvalue weighted by Crippen LogP contribution is 2.39. The molecule has 0 fully saturated rings. The van der Waals surface area contributed by atoms with Gasteiger partial charge in [0.25, 0.3) is 10.1 Å². The molecule has 164 valence electrons. The van der Waals surface area contributed by atoms with Crippen LogP contribution in [0.5, 0.6) is 0 Å². The zero-order chi connectivity index (χ0) is 23.2. The van der Waals surface area contributed by atoms with Crippen LogP contribution in [0.25, 0.3) is 0 Å². The van der Waals surface area contributed by atoms with Gasteiger partial charge in [0, 0.05) is 27.4 Å². The molecule has 0 heterocycles. The van der Waals surface area contributed by atoms with Gasteiger partial charge in [-0.3, -0.25) is 18.4 Å². The van der Waals surface area contributed by atoms with Crippen molar-refractivity contribution in [3.05, 3.63) is 82.4 Å². The second kappa shape index (κ2) is 7.95. The summed E-state index contributed by atoms with van der Waals surface area (Å²) in [6.07, 6.45) is 0. The third kappa shape index (κ3) is 3.94. The van der Waals surface area contributed by atoms with Crippen LogP contribution >= 0.6 is 0 Å². The maximum absolute atomic E-state index is 13.3. The lowest BCUT2D eigenvalue weighted by atomic mass is 9.81. The molecular weight excluding hydrogens is 456 g/mol. The number of nitrogen functional groups attached to an aromatic ring is 1. The standard InChI is InChI=1S/C21H16N2O7S2/c22-19-11(10-32(28,29)30)8-16(23-12-4-3-5-13(9-12)31(26)27)17-18(19)21(25)15-7-2-1-6-14(15)20(17)24/h1-9,23H,10,22H2,(H,26,27)(H,28,29,30)/p-1. The van der Waals surface area contributed by atoms with Crippen molar-refractivity contribution in [2.75, 3.05) is 11.1 Å². The zero-order valence-electron chi connectivity index (χ0n) is 16.2. The fourth-order valence-corrected chi connectivity index (χ4v) is 4.67. The molecule has 3 aromatic carbocycles. The molecule has 3 aromatic rings. The zero-order valence-corrected chi connectivity index (χ0v) is 17.8. The maximum atomic E-state index is 13.3. The molecule has 32 heavy (non-hydrogen) atoms. The molecular formula is C21H15N2O7S2-. The largest absolute Gasteiger partial charge is 0.768 e. The lowest BCUT2D eigenvalue weighted by Crippen LogP contribution is -2.25. The number of anilines is 3. The number of carbonyl (C=O) groups is 2. The Morgan fingerprint density at radius 1 is 0.969 bits per heavy atom. The Bertz CT molecular complexity index is 1430. The minimum absolute atomic E-state index is 0.0229. The number of carbonyl (C=O) groups excluding carboxylic acids is 2. The summed E-state index contributed by atoms with van der Waals surface area (Å²) in [4.78, 5) is 26.4. The first-order valence-corrected chi connectivity index (χ1v) is 11.8. The Morgan fingerprint density at radius 3 is 2.19 bits per heavy atom. The van der Waals surface area contributed by atoms with Crippen LogP contribution in [0.15, 0.2) is 59.5 Å². The Balaban J connectivity index is 1.96. The average molecular weight is 471 g/mol. The van der Waals surface area contributed by atoms with Crippen LogP contribution in [0.2, 0.25) is 0 Å². The number of ketones is 2. The van der Waals surface area contributed by atoms with Crippen molar-refractivity contribution in [3.8, 4) is 0 Å². The van der Waals surface area contributed by atoms with Gasteiger partial charge in [-0.1, -0.05) is 30.3 Å². The fraction of sp³-hybridized carbons (Fsp3) is 0.0476. The number of fused-ring (bicyclic) bond motifs is 2. The normalized spacial score (nSPS) is 13.9. The molecule has 4 rings (SSSR count). The summed E-state index contributed by atoms with van der Waals surface area (Å²) in [5, 5.41) is 2.88. The Hall–Kier alpha value is -3.38. The van der Waals surface area contributed by atoms with Crippen molar-refractivity contribution in [3.63, 3.8) is 0 Å². The second-order valence-electron chi connectivity index (χ2n) is 7.06. The molecule has 0 radical (unpaired) electrons. The summed E-state index contributed by atoms with van der Waals surface area (Å²) in [6, 6.07) is 13.1. The molecule has 1 atom stereocenters. The first-order valence-electron chi connectivity index (χ1n) is 9.12. The average Bonchev–Trinajstić information content (AvgIpc) is 2.73. The van der Waals surface area contributed by atoms with E-state index in [1.165, 1.54) is 42.5 Å². The Kier molecular flexibility index (Phi) is 5.42. The molecule has 0 spiro atoms. The van der Waals surface area contributed by atoms with Crippen molar-refractivity contribution in [2.45, 2.75) is 10.6 Å². The first kappa shape index (κ1) is 21.8. The molecule has 1 unspecified atom stereocenters. The molecule has 0 saturated carbocycles. The smallest absolute Gasteiger partial charge is 0.269 e. The van der Waals surface area contributed by atoms with Crippen LogP contribution < -0.4 is 11.1 Å². The van der Waals surface area contributed by atoms with E-state index in [2.05, 4.69) is 5.32 Å². The third-order valence-corrected chi connectivity index (χ3v) is 6.28. The van der Waals surface area contributed by atoms with Gasteiger partial charge in [0.1, 0.15) is 5.75 Å². The number of nitrogens with two attached hydrogens (primary N) is 1. The van der Waals surface area contributed by atoms with Crippen LogP contribution in [0.4, 0.5) is 17.1 Å². The quantitative estimate of drug-likeness (QED) is 0.225. The fourth-order valence-electron chi connectivity index (χ4n) is 3.62. The van der Waals surface area contributed by atoms with E-state index in [1.54, 1.807) is 12.1 Å². The summed E-state index contributed by atoms with van der Waals surface area (Å²) in [5.74, 6) is -1.96. The summed E-state index contributed by atoms with van der Waals surface area (Å²) >= 11 is -2.51. The minimum Gasteiger partial charge on any atom is -0.768 e. The number of rotatable bonds is 5. The number of hydrogen-bond acceptors (Lipinski definition) is 8. The lowest BCUT2D eigenvalue weighted by Gasteiger charge is -2.24. The van der Waals surface area contributed by atoms with Crippen LogP contribution in [-0.2, 0) is 27.0 Å². The van der Waals surface area contributed by atoms with Gasteiger partial charge < -0.3 is 15.6 Å². The van der Waals surface area contributed by atoms with Gasteiger partial charge in [-0.25, -0.2) is 0 Å². The Morgan fingerprint density at radius 2 is 1.59 bits per heavy atom. The minimum atomic E-state index is -4.51. The molecule has 0 bridgehead atoms. The highest BCUT2D eigenvalue weighted by molar-refractivity contribution is 7.85. The van der Waals surface area contributed by atoms with Gasteiger partial charge in [-0.2, -0.15) is 8.42 Å². The Labute approximate surface area is 185 Å². The molecule has 0 aromatic heterocycles. The van der Waals surface area contributed by atoms with Crippen molar-refractivity contribution >= 4 is 49.8 Å². The predicted octanol–water partition coefficient (Wildman–Crippen LogP) is 2.41.